The van der Waals surface area contributed by atoms with E-state index in [0.717, 1.165) is 12.8 Å². The van der Waals surface area contributed by atoms with Gasteiger partial charge >= 0.3 is 12.0 Å². The summed E-state index contributed by atoms with van der Waals surface area (Å²) in [6.45, 7) is 1.11. The van der Waals surface area contributed by atoms with Crippen LogP contribution in [0.5, 0.6) is 0 Å². The van der Waals surface area contributed by atoms with E-state index in [1.54, 1.807) is 12.0 Å². The lowest BCUT2D eigenvalue weighted by atomic mass is 9.89. The largest absolute Gasteiger partial charge is 0.481 e. The van der Waals surface area contributed by atoms with Gasteiger partial charge in [0.2, 0.25) is 0 Å². The maximum Gasteiger partial charge on any atom is 0.317 e. The monoisotopic (exact) mass is 242 g/mol. The van der Waals surface area contributed by atoms with Crippen molar-refractivity contribution < 1.29 is 19.4 Å². The molecule has 2 N–H and O–H groups in total. The molecular weight excluding hydrogens is 224 g/mol. The Morgan fingerprint density at radius 3 is 2.59 bits per heavy atom. The highest BCUT2D eigenvalue weighted by molar-refractivity contribution is 5.76. The molecule has 1 aliphatic heterocycles. The molecule has 0 atom stereocenters. The molecule has 2 fully saturated rings. The Morgan fingerprint density at radius 1 is 1.41 bits per heavy atom. The number of amides is 2. The van der Waals surface area contributed by atoms with E-state index in [9.17, 15) is 9.59 Å². The highest BCUT2D eigenvalue weighted by Gasteiger charge is 2.35. The summed E-state index contributed by atoms with van der Waals surface area (Å²) in [6, 6.07) is 0.136. The molecule has 1 saturated heterocycles. The SMILES string of the molecule is COC1CC(NC(=O)N2CC(CC(=O)O)C2)C1. The number of hydrogen-bond acceptors (Lipinski definition) is 3. The van der Waals surface area contributed by atoms with E-state index in [1.807, 2.05) is 0 Å². The standard InChI is InChI=1S/C11H18N2O4/c1-17-9-3-8(4-9)12-11(16)13-5-7(6-13)2-10(14)15/h7-9H,2-6H2,1H3,(H,12,16)(H,14,15). The van der Waals surface area contributed by atoms with Gasteiger partial charge in [0.05, 0.1) is 12.5 Å². The van der Waals surface area contributed by atoms with E-state index in [2.05, 4.69) is 5.32 Å². The summed E-state index contributed by atoms with van der Waals surface area (Å²) in [4.78, 5) is 23.8. The number of rotatable bonds is 4. The highest BCUT2D eigenvalue weighted by Crippen LogP contribution is 2.24. The zero-order valence-corrected chi connectivity index (χ0v) is 9.89. The van der Waals surface area contributed by atoms with Gasteiger partial charge in [0, 0.05) is 32.2 Å². The van der Waals surface area contributed by atoms with Crippen molar-refractivity contribution in [2.75, 3.05) is 20.2 Å². The van der Waals surface area contributed by atoms with Gasteiger partial charge < -0.3 is 20.1 Å². The minimum atomic E-state index is -0.794. The van der Waals surface area contributed by atoms with Gasteiger partial charge in [-0.25, -0.2) is 4.79 Å². The molecule has 2 amide bonds. The highest BCUT2D eigenvalue weighted by atomic mass is 16.5. The second kappa shape index (κ2) is 4.91. The summed E-state index contributed by atoms with van der Waals surface area (Å²) in [5.74, 6) is -0.677. The number of methoxy groups -OCH3 is 1. The minimum Gasteiger partial charge on any atom is -0.481 e. The number of ether oxygens (including phenoxy) is 1. The Hall–Kier alpha value is -1.30. The molecule has 6 heteroatoms. The summed E-state index contributed by atoms with van der Waals surface area (Å²) in [7, 11) is 1.68. The Balaban J connectivity index is 1.61. The fourth-order valence-electron chi connectivity index (χ4n) is 2.25. The van der Waals surface area contributed by atoms with Crippen molar-refractivity contribution >= 4 is 12.0 Å². The van der Waals surface area contributed by atoms with Crippen molar-refractivity contribution in [3.63, 3.8) is 0 Å². The van der Waals surface area contributed by atoms with Gasteiger partial charge in [0.1, 0.15) is 0 Å². The third-order valence-electron chi connectivity index (χ3n) is 3.46. The lowest BCUT2D eigenvalue weighted by molar-refractivity contribution is -0.139. The molecule has 0 aromatic rings. The van der Waals surface area contributed by atoms with E-state index in [4.69, 9.17) is 9.84 Å². The van der Waals surface area contributed by atoms with Gasteiger partial charge in [0.25, 0.3) is 0 Å². The zero-order chi connectivity index (χ0) is 12.4. The average molecular weight is 242 g/mol. The molecule has 17 heavy (non-hydrogen) atoms. The zero-order valence-electron chi connectivity index (χ0n) is 9.89. The maximum absolute atomic E-state index is 11.7. The first kappa shape index (κ1) is 12.2. The van der Waals surface area contributed by atoms with Crippen molar-refractivity contribution in [3.05, 3.63) is 0 Å². The van der Waals surface area contributed by atoms with Crippen LogP contribution in [0.3, 0.4) is 0 Å². The van der Waals surface area contributed by atoms with Crippen molar-refractivity contribution in [2.24, 2.45) is 5.92 Å². The first-order chi connectivity index (χ1) is 8.08. The van der Waals surface area contributed by atoms with Crippen LogP contribution in [0.1, 0.15) is 19.3 Å². The number of carbonyl (C=O) groups excluding carboxylic acids is 1. The summed E-state index contributed by atoms with van der Waals surface area (Å²) in [5, 5.41) is 11.5. The Labute approximate surface area is 99.9 Å². The summed E-state index contributed by atoms with van der Waals surface area (Å²) in [5.41, 5.74) is 0. The van der Waals surface area contributed by atoms with Crippen molar-refractivity contribution in [1.29, 1.82) is 0 Å². The molecule has 0 bridgehead atoms. The molecule has 1 saturated carbocycles. The first-order valence-corrected chi connectivity index (χ1v) is 5.88. The van der Waals surface area contributed by atoms with E-state index in [1.165, 1.54) is 0 Å². The quantitative estimate of drug-likeness (QED) is 0.742. The predicted octanol–water partition coefficient (Wildman–Crippen LogP) is 0.280. The van der Waals surface area contributed by atoms with E-state index >= 15 is 0 Å². The third kappa shape index (κ3) is 2.88. The normalized spacial score (nSPS) is 28.2. The van der Waals surface area contributed by atoms with Gasteiger partial charge in [-0.2, -0.15) is 0 Å². The second-order valence-electron chi connectivity index (χ2n) is 4.84. The smallest absolute Gasteiger partial charge is 0.317 e. The molecule has 2 aliphatic rings. The number of likely N-dealkylation sites (tertiary alicyclic amines) is 1. The Kier molecular flexibility index (Phi) is 3.51. The number of hydrogen-bond donors (Lipinski definition) is 2. The van der Waals surface area contributed by atoms with Crippen LogP contribution in [0.4, 0.5) is 4.79 Å². The predicted molar refractivity (Wildman–Crippen MR) is 59.7 cm³/mol. The molecule has 96 valence electrons. The number of carboxylic acids is 1. The van der Waals surface area contributed by atoms with E-state index in [-0.39, 0.29) is 30.5 Å². The molecule has 0 radical (unpaired) electrons. The minimum absolute atomic E-state index is 0.0776. The molecule has 1 aliphatic carbocycles. The van der Waals surface area contributed by atoms with Crippen LogP contribution in [-0.2, 0) is 9.53 Å². The van der Waals surface area contributed by atoms with Crippen LogP contribution in [0.15, 0.2) is 0 Å². The molecule has 0 spiro atoms. The number of nitrogens with one attached hydrogen (secondary N) is 1. The Morgan fingerprint density at radius 2 is 2.06 bits per heavy atom. The summed E-state index contributed by atoms with van der Waals surface area (Å²) in [6.07, 6.45) is 2.17. The van der Waals surface area contributed by atoms with Crippen LogP contribution >= 0.6 is 0 Å². The van der Waals surface area contributed by atoms with Crippen LogP contribution in [-0.4, -0.2) is 54.4 Å². The fraction of sp³-hybridized carbons (Fsp3) is 0.818. The van der Waals surface area contributed by atoms with Crippen LogP contribution in [0, 0.1) is 5.92 Å². The van der Waals surface area contributed by atoms with Gasteiger partial charge in [-0.15, -0.1) is 0 Å². The number of nitrogens with zero attached hydrogens (tertiary/aromatic N) is 1. The number of carboxylic acid groups (broad SMARTS) is 1. The van der Waals surface area contributed by atoms with Gasteiger partial charge in [-0.05, 0) is 12.8 Å². The van der Waals surface area contributed by atoms with Crippen LogP contribution < -0.4 is 5.32 Å². The van der Waals surface area contributed by atoms with Crippen LogP contribution in [0.2, 0.25) is 0 Å². The summed E-state index contributed by atoms with van der Waals surface area (Å²) >= 11 is 0. The molecule has 0 aromatic heterocycles. The van der Waals surface area contributed by atoms with Crippen molar-refractivity contribution in [1.82, 2.24) is 10.2 Å². The molecule has 1 heterocycles. The lowest BCUT2D eigenvalue weighted by Crippen LogP contribution is -2.58. The first-order valence-electron chi connectivity index (χ1n) is 5.88. The van der Waals surface area contributed by atoms with Gasteiger partial charge in [-0.1, -0.05) is 0 Å². The fourth-order valence-corrected chi connectivity index (χ4v) is 2.25. The molecular formula is C11H18N2O4. The Bertz CT molecular complexity index is 309. The number of carbonyl (C=O) groups is 2. The molecule has 0 unspecified atom stereocenters. The van der Waals surface area contributed by atoms with Gasteiger partial charge in [-0.3, -0.25) is 4.79 Å². The molecule has 2 rings (SSSR count). The van der Waals surface area contributed by atoms with Crippen molar-refractivity contribution in [2.45, 2.75) is 31.4 Å². The number of aliphatic carboxylic acids is 1. The lowest BCUT2D eigenvalue weighted by Gasteiger charge is -2.41. The van der Waals surface area contributed by atoms with E-state index in [0.29, 0.717) is 13.1 Å². The van der Waals surface area contributed by atoms with E-state index < -0.39 is 5.97 Å². The second-order valence-corrected chi connectivity index (χ2v) is 4.84. The maximum atomic E-state index is 11.7. The van der Waals surface area contributed by atoms with Crippen molar-refractivity contribution in [3.8, 4) is 0 Å². The molecule has 6 nitrogen and oxygen atoms in total. The van der Waals surface area contributed by atoms with Gasteiger partial charge in [0.15, 0.2) is 0 Å². The summed E-state index contributed by atoms with van der Waals surface area (Å²) < 4.78 is 5.13. The molecule has 0 aromatic carbocycles. The average Bonchev–Trinajstić information content (AvgIpc) is 2.15. The van der Waals surface area contributed by atoms with Crippen LogP contribution in [0.25, 0.3) is 0 Å². The number of urea groups is 1. The topological polar surface area (TPSA) is 78.9 Å². The third-order valence-corrected chi connectivity index (χ3v) is 3.46.